The van der Waals surface area contributed by atoms with E-state index in [1.165, 1.54) is 50.6 Å². The smallest absolute Gasteiger partial charge is 0.0795 e. The molecular weight excluding hydrogens is 268 g/mol. The Labute approximate surface area is 124 Å². The van der Waals surface area contributed by atoms with Gasteiger partial charge in [0.2, 0.25) is 0 Å². The molecule has 0 N–H and O–H groups in total. The van der Waals surface area contributed by atoms with E-state index in [1.807, 2.05) is 0 Å². The van der Waals surface area contributed by atoms with Crippen molar-refractivity contribution in [2.24, 2.45) is 0 Å². The van der Waals surface area contributed by atoms with Crippen molar-refractivity contribution in [2.45, 2.75) is 82.3 Å². The van der Waals surface area contributed by atoms with Crippen molar-refractivity contribution in [1.82, 2.24) is 0 Å². The first-order valence-corrected chi connectivity index (χ1v) is 11.2. The third-order valence-electron chi connectivity index (χ3n) is 5.31. The zero-order valence-electron chi connectivity index (χ0n) is 12.5. The van der Waals surface area contributed by atoms with Gasteiger partial charge in [0.15, 0.2) is 0 Å². The highest BCUT2D eigenvalue weighted by atomic mass is 28.3. The van der Waals surface area contributed by atoms with E-state index in [2.05, 4.69) is 13.8 Å². The summed E-state index contributed by atoms with van der Waals surface area (Å²) in [6.45, 7) is 6.72. The molecule has 4 heteroatoms. The third-order valence-corrected chi connectivity index (χ3v) is 11.9. The molecule has 0 saturated carbocycles. The molecule has 2 nitrogen and oxygen atoms in total. The van der Waals surface area contributed by atoms with E-state index in [1.54, 1.807) is 0 Å². The van der Waals surface area contributed by atoms with Gasteiger partial charge in [-0.1, -0.05) is 33.4 Å². The van der Waals surface area contributed by atoms with Gasteiger partial charge in [-0.15, -0.1) is 0 Å². The second kappa shape index (κ2) is 7.39. The fraction of sp³-hybridized carbons (Fsp3) is 1.00. The van der Waals surface area contributed by atoms with Gasteiger partial charge in [-0.2, -0.15) is 0 Å². The molecule has 2 unspecified atom stereocenters. The molecule has 0 amide bonds. The van der Waals surface area contributed by atoms with Crippen LogP contribution in [0.15, 0.2) is 0 Å². The summed E-state index contributed by atoms with van der Waals surface area (Å²) in [6.07, 6.45) is 7.77. The van der Waals surface area contributed by atoms with Gasteiger partial charge >= 0.3 is 0 Å². The van der Waals surface area contributed by atoms with Crippen molar-refractivity contribution in [2.75, 3.05) is 13.2 Å². The van der Waals surface area contributed by atoms with Crippen LogP contribution in [-0.4, -0.2) is 42.7 Å². The molecule has 2 saturated heterocycles. The Hall–Kier alpha value is 0.354. The van der Waals surface area contributed by atoms with Crippen LogP contribution in [0.1, 0.15) is 59.8 Å². The fourth-order valence-electron chi connectivity index (χ4n) is 4.20. The molecule has 2 heterocycles. The summed E-state index contributed by atoms with van der Waals surface area (Å²) in [5.74, 6) is 0. The summed E-state index contributed by atoms with van der Waals surface area (Å²) < 4.78 is 12.9. The lowest BCUT2D eigenvalue weighted by Gasteiger charge is -2.55. The van der Waals surface area contributed by atoms with Gasteiger partial charge in [0.05, 0.1) is 19.2 Å². The molecular formula is C15H34O2Si2. The number of rotatable bonds is 4. The third kappa shape index (κ3) is 3.17. The normalized spacial score (nSPS) is 36.2. The minimum Gasteiger partial charge on any atom is -0.377 e. The van der Waals surface area contributed by atoms with Crippen LogP contribution in [-0.2, 0) is 9.47 Å². The van der Waals surface area contributed by atoms with Crippen LogP contribution in [0.3, 0.4) is 0 Å². The van der Waals surface area contributed by atoms with Gasteiger partial charge in [-0.25, -0.2) is 0 Å². The van der Waals surface area contributed by atoms with Gasteiger partial charge in [-0.3, -0.25) is 0 Å². The summed E-state index contributed by atoms with van der Waals surface area (Å²) in [5.41, 5.74) is 0. The highest BCUT2D eigenvalue weighted by Gasteiger charge is 2.54. The number of hydrogen-bond donors (Lipinski definition) is 0. The molecule has 0 aromatic heterocycles. The lowest BCUT2D eigenvalue weighted by molar-refractivity contribution is -0.161. The molecule has 0 aliphatic carbocycles. The van der Waals surface area contributed by atoms with Crippen molar-refractivity contribution in [3.63, 3.8) is 0 Å². The summed E-state index contributed by atoms with van der Waals surface area (Å²) in [5, 5.41) is 0.329. The fourth-order valence-corrected chi connectivity index (χ4v) is 10.3. The standard InChI is InChI=1S/C14H30O2Si2.CH4/c1-3-18(4-2)14(10-6-8-12-16-14)13(17)9-5-7-11-15-13;/h18H,3-12H2,1-2,17H3;1H4. The molecule has 2 fully saturated rings. The lowest BCUT2D eigenvalue weighted by Crippen LogP contribution is -2.67. The van der Waals surface area contributed by atoms with E-state index >= 15 is 0 Å². The average Bonchev–Trinajstić information content (AvgIpc) is 2.42. The predicted octanol–water partition coefficient (Wildman–Crippen LogP) is 2.63. The van der Waals surface area contributed by atoms with Crippen LogP contribution in [0, 0.1) is 0 Å². The molecule has 0 bridgehead atoms. The molecule has 2 atom stereocenters. The van der Waals surface area contributed by atoms with Crippen molar-refractivity contribution >= 4 is 19.0 Å². The minimum absolute atomic E-state index is 0. The Morgan fingerprint density at radius 3 is 1.95 bits per heavy atom. The summed E-state index contributed by atoms with van der Waals surface area (Å²) in [6, 6.07) is 2.73. The van der Waals surface area contributed by atoms with E-state index in [0.717, 1.165) is 23.5 Å². The summed E-state index contributed by atoms with van der Waals surface area (Å²) in [4.78, 5) is 0. The number of ether oxygens (including phenoxy) is 2. The van der Waals surface area contributed by atoms with Gasteiger partial charge in [-0.05, 0) is 38.5 Å². The first-order chi connectivity index (χ1) is 8.68. The van der Waals surface area contributed by atoms with E-state index in [9.17, 15) is 0 Å². The molecule has 0 aromatic carbocycles. The Morgan fingerprint density at radius 1 is 0.947 bits per heavy atom. The number of hydrogen-bond acceptors (Lipinski definition) is 2. The Kier molecular flexibility index (Phi) is 6.77. The van der Waals surface area contributed by atoms with Crippen LogP contribution >= 0.6 is 0 Å². The molecule has 19 heavy (non-hydrogen) atoms. The van der Waals surface area contributed by atoms with Crippen LogP contribution in [0.2, 0.25) is 12.1 Å². The highest BCUT2D eigenvalue weighted by molar-refractivity contribution is 6.63. The maximum Gasteiger partial charge on any atom is 0.0795 e. The van der Waals surface area contributed by atoms with Gasteiger partial charge < -0.3 is 9.47 Å². The largest absolute Gasteiger partial charge is 0.377 e. The zero-order valence-corrected chi connectivity index (χ0v) is 15.6. The monoisotopic (exact) mass is 302 g/mol. The van der Waals surface area contributed by atoms with E-state index in [0.29, 0.717) is 0 Å². The highest BCUT2D eigenvalue weighted by Crippen LogP contribution is 2.44. The van der Waals surface area contributed by atoms with E-state index in [-0.39, 0.29) is 17.9 Å². The molecule has 0 radical (unpaired) electrons. The molecule has 2 aliphatic rings. The molecule has 114 valence electrons. The average molecular weight is 303 g/mol. The molecule has 0 aromatic rings. The summed E-state index contributed by atoms with van der Waals surface area (Å²) in [7, 11) is 0.277. The van der Waals surface area contributed by atoms with Crippen molar-refractivity contribution < 1.29 is 9.47 Å². The first-order valence-electron chi connectivity index (χ1n) is 7.96. The second-order valence-corrected chi connectivity index (χ2v) is 11.8. The Morgan fingerprint density at radius 2 is 1.53 bits per heavy atom. The molecule has 0 spiro atoms. The zero-order chi connectivity index (χ0) is 13.1. The SMILES string of the molecule is C.CC[SiH](CC)C1(C2([SiH3])CCCCO2)CCCCO1. The second-order valence-electron chi connectivity index (χ2n) is 6.24. The van der Waals surface area contributed by atoms with Gasteiger partial charge in [0.25, 0.3) is 0 Å². The minimum atomic E-state index is -0.862. The molecule has 2 rings (SSSR count). The summed E-state index contributed by atoms with van der Waals surface area (Å²) >= 11 is 0. The van der Waals surface area contributed by atoms with E-state index < -0.39 is 8.80 Å². The van der Waals surface area contributed by atoms with Gasteiger partial charge in [0, 0.05) is 23.5 Å². The van der Waals surface area contributed by atoms with Gasteiger partial charge in [0.1, 0.15) is 0 Å². The van der Waals surface area contributed by atoms with Crippen LogP contribution in [0.25, 0.3) is 0 Å². The van der Waals surface area contributed by atoms with Crippen molar-refractivity contribution in [1.29, 1.82) is 0 Å². The quantitative estimate of drug-likeness (QED) is 0.743. The lowest BCUT2D eigenvalue weighted by atomic mass is 9.96. The topological polar surface area (TPSA) is 18.5 Å². The Bertz CT molecular complexity index is 255. The molecule has 2 aliphatic heterocycles. The first kappa shape index (κ1) is 17.4. The van der Waals surface area contributed by atoms with Crippen molar-refractivity contribution in [3.05, 3.63) is 0 Å². The maximum absolute atomic E-state index is 6.52. The predicted molar refractivity (Wildman–Crippen MR) is 89.8 cm³/mol. The van der Waals surface area contributed by atoms with E-state index in [4.69, 9.17) is 9.47 Å². The van der Waals surface area contributed by atoms with Crippen molar-refractivity contribution in [3.8, 4) is 0 Å². The van der Waals surface area contributed by atoms with Crippen LogP contribution < -0.4 is 0 Å². The van der Waals surface area contributed by atoms with Crippen LogP contribution in [0.4, 0.5) is 0 Å². The maximum atomic E-state index is 6.52. The van der Waals surface area contributed by atoms with Crippen LogP contribution in [0.5, 0.6) is 0 Å². The Balaban J connectivity index is 0.00000180.